The Kier molecular flexibility index (Phi) is 4.05. The first-order valence-electron chi connectivity index (χ1n) is 3.01. The number of rotatable bonds is 3. The molecule has 54 valence electrons. The van der Waals surface area contributed by atoms with Gasteiger partial charge in [-0.25, -0.2) is 0 Å². The molecule has 0 fully saturated rings. The summed E-state index contributed by atoms with van der Waals surface area (Å²) >= 11 is 0. The molecule has 0 aromatic carbocycles. The molecule has 0 rings (SSSR count). The summed E-state index contributed by atoms with van der Waals surface area (Å²) in [5.74, 6) is -0.201. The number of ether oxygens (including phenoxy) is 1. The molecule has 0 amide bonds. The van der Waals surface area contributed by atoms with Crippen LogP contribution in [0.25, 0.3) is 0 Å². The second kappa shape index (κ2) is 4.32. The third kappa shape index (κ3) is 5.30. The predicted octanol–water partition coefficient (Wildman–Crippen LogP) is 0.157. The second-order valence-electron chi connectivity index (χ2n) is 2.07. The van der Waals surface area contributed by atoms with Crippen LogP contribution >= 0.6 is 0 Å². The van der Waals surface area contributed by atoms with Gasteiger partial charge in [0, 0.05) is 0 Å². The number of hydrogen-bond donors (Lipinski definition) is 1. The molecule has 0 heterocycles. The van der Waals surface area contributed by atoms with Crippen molar-refractivity contribution in [2.75, 3.05) is 13.6 Å². The summed E-state index contributed by atoms with van der Waals surface area (Å²) in [5, 5.41) is 2.70. The Labute approximate surface area is 55.4 Å². The van der Waals surface area contributed by atoms with E-state index in [9.17, 15) is 4.79 Å². The second-order valence-corrected chi connectivity index (χ2v) is 2.07. The molecular weight excluding hydrogens is 118 g/mol. The van der Waals surface area contributed by atoms with E-state index in [1.165, 1.54) is 0 Å². The van der Waals surface area contributed by atoms with E-state index in [0.717, 1.165) is 0 Å². The minimum Gasteiger partial charge on any atom is -0.462 e. The molecule has 0 aromatic heterocycles. The fraction of sp³-hybridized carbons (Fsp3) is 0.833. The predicted molar refractivity (Wildman–Crippen MR) is 35.2 cm³/mol. The van der Waals surface area contributed by atoms with Gasteiger partial charge < -0.3 is 10.1 Å². The lowest BCUT2D eigenvalue weighted by molar-refractivity contribution is -0.146. The Morgan fingerprint density at radius 3 is 2.56 bits per heavy atom. The van der Waals surface area contributed by atoms with Gasteiger partial charge in [-0.05, 0) is 20.9 Å². The van der Waals surface area contributed by atoms with E-state index in [1.807, 2.05) is 13.8 Å². The van der Waals surface area contributed by atoms with Crippen LogP contribution in [0.1, 0.15) is 13.8 Å². The molecule has 0 spiro atoms. The molecule has 9 heavy (non-hydrogen) atoms. The van der Waals surface area contributed by atoms with Gasteiger partial charge in [0.25, 0.3) is 0 Å². The van der Waals surface area contributed by atoms with E-state index in [1.54, 1.807) is 7.05 Å². The number of esters is 1. The van der Waals surface area contributed by atoms with Crippen molar-refractivity contribution < 1.29 is 9.53 Å². The summed E-state index contributed by atoms with van der Waals surface area (Å²) in [7, 11) is 1.71. The average Bonchev–Trinajstić information content (AvgIpc) is 1.63. The van der Waals surface area contributed by atoms with Gasteiger partial charge in [-0.1, -0.05) is 0 Å². The summed E-state index contributed by atoms with van der Waals surface area (Å²) in [6, 6.07) is 0. The highest BCUT2D eigenvalue weighted by atomic mass is 16.5. The highest BCUT2D eigenvalue weighted by Crippen LogP contribution is 1.86. The van der Waals surface area contributed by atoms with Crippen molar-refractivity contribution >= 4 is 5.97 Å². The smallest absolute Gasteiger partial charge is 0.320 e. The maximum Gasteiger partial charge on any atom is 0.320 e. The Bertz CT molecular complexity index is 91.1. The van der Waals surface area contributed by atoms with E-state index in [4.69, 9.17) is 4.74 Å². The van der Waals surface area contributed by atoms with Crippen molar-refractivity contribution in [1.29, 1.82) is 0 Å². The average molecular weight is 131 g/mol. The molecule has 3 heteroatoms. The Hall–Kier alpha value is -0.570. The fourth-order valence-corrected chi connectivity index (χ4v) is 0.449. The number of carbonyl (C=O) groups excluding carboxylic acids is 1. The van der Waals surface area contributed by atoms with Gasteiger partial charge in [-0.2, -0.15) is 0 Å². The van der Waals surface area contributed by atoms with Crippen LogP contribution in [-0.2, 0) is 9.53 Å². The molecule has 0 aliphatic carbocycles. The Morgan fingerprint density at radius 1 is 1.67 bits per heavy atom. The Morgan fingerprint density at radius 2 is 2.22 bits per heavy atom. The van der Waals surface area contributed by atoms with E-state index in [0.29, 0.717) is 0 Å². The summed E-state index contributed by atoms with van der Waals surface area (Å²) in [6.07, 6.45) is -0.00847. The van der Waals surface area contributed by atoms with Gasteiger partial charge in [0.2, 0.25) is 0 Å². The van der Waals surface area contributed by atoms with E-state index in [2.05, 4.69) is 5.32 Å². The van der Waals surface area contributed by atoms with Crippen LogP contribution in [0.3, 0.4) is 0 Å². The van der Waals surface area contributed by atoms with Crippen LogP contribution in [0.4, 0.5) is 0 Å². The first-order valence-corrected chi connectivity index (χ1v) is 3.01. The third-order valence-electron chi connectivity index (χ3n) is 0.688. The number of carbonyl (C=O) groups is 1. The molecule has 0 saturated heterocycles. The lowest BCUT2D eigenvalue weighted by Crippen LogP contribution is -2.23. The van der Waals surface area contributed by atoms with Crippen LogP contribution in [0.5, 0.6) is 0 Å². The summed E-state index contributed by atoms with van der Waals surface area (Å²) in [4.78, 5) is 10.6. The Balaban J connectivity index is 3.27. The van der Waals surface area contributed by atoms with Crippen molar-refractivity contribution in [3.05, 3.63) is 0 Å². The van der Waals surface area contributed by atoms with Crippen molar-refractivity contribution in [3.8, 4) is 0 Å². The molecule has 0 radical (unpaired) electrons. The van der Waals surface area contributed by atoms with Gasteiger partial charge in [0.05, 0.1) is 12.6 Å². The number of likely N-dealkylation sites (N-methyl/N-ethyl adjacent to an activating group) is 1. The van der Waals surface area contributed by atoms with Crippen LogP contribution in [0.15, 0.2) is 0 Å². The molecule has 0 saturated carbocycles. The summed E-state index contributed by atoms with van der Waals surface area (Å²) in [6.45, 7) is 3.94. The molecular formula is C6H13NO2. The van der Waals surface area contributed by atoms with E-state index >= 15 is 0 Å². The number of hydrogen-bond acceptors (Lipinski definition) is 3. The van der Waals surface area contributed by atoms with Crippen LogP contribution < -0.4 is 5.32 Å². The molecule has 0 atom stereocenters. The highest BCUT2D eigenvalue weighted by Gasteiger charge is 2.01. The van der Waals surface area contributed by atoms with Gasteiger partial charge in [-0.3, -0.25) is 4.79 Å². The van der Waals surface area contributed by atoms with Gasteiger partial charge in [-0.15, -0.1) is 0 Å². The van der Waals surface area contributed by atoms with E-state index < -0.39 is 0 Å². The lowest BCUT2D eigenvalue weighted by atomic mass is 10.5. The zero-order valence-electron chi connectivity index (χ0n) is 6.10. The molecule has 0 aromatic rings. The van der Waals surface area contributed by atoms with Gasteiger partial charge in [0.15, 0.2) is 0 Å². The molecule has 0 aliphatic heterocycles. The molecule has 0 unspecified atom stereocenters. The van der Waals surface area contributed by atoms with E-state index in [-0.39, 0.29) is 18.6 Å². The zero-order chi connectivity index (χ0) is 7.28. The van der Waals surface area contributed by atoms with Crippen LogP contribution in [0.2, 0.25) is 0 Å². The first-order chi connectivity index (χ1) is 4.16. The maximum atomic E-state index is 10.6. The van der Waals surface area contributed by atoms with Crippen molar-refractivity contribution in [1.82, 2.24) is 5.32 Å². The minimum atomic E-state index is -0.201. The third-order valence-corrected chi connectivity index (χ3v) is 0.688. The summed E-state index contributed by atoms with van der Waals surface area (Å²) in [5.41, 5.74) is 0. The van der Waals surface area contributed by atoms with Gasteiger partial charge in [0.1, 0.15) is 0 Å². The minimum absolute atomic E-state index is 0.00847. The van der Waals surface area contributed by atoms with Crippen LogP contribution in [0, 0.1) is 0 Å². The monoisotopic (exact) mass is 131 g/mol. The first kappa shape index (κ1) is 8.43. The lowest BCUT2D eigenvalue weighted by Gasteiger charge is -2.05. The quantitative estimate of drug-likeness (QED) is 0.554. The topological polar surface area (TPSA) is 38.3 Å². The number of nitrogens with one attached hydrogen (secondary N) is 1. The highest BCUT2D eigenvalue weighted by molar-refractivity contribution is 5.71. The fourth-order valence-electron chi connectivity index (χ4n) is 0.449. The van der Waals surface area contributed by atoms with Gasteiger partial charge >= 0.3 is 5.97 Å². The molecule has 1 N–H and O–H groups in total. The largest absolute Gasteiger partial charge is 0.462 e. The zero-order valence-corrected chi connectivity index (χ0v) is 6.10. The van der Waals surface area contributed by atoms with Crippen molar-refractivity contribution in [2.45, 2.75) is 20.0 Å². The normalized spacial score (nSPS) is 9.78. The standard InChI is InChI=1S/C6H13NO2/c1-5(2)9-6(8)4-7-3/h5,7H,4H2,1-3H3. The van der Waals surface area contributed by atoms with Crippen LogP contribution in [-0.4, -0.2) is 25.7 Å². The van der Waals surface area contributed by atoms with Crippen molar-refractivity contribution in [3.63, 3.8) is 0 Å². The van der Waals surface area contributed by atoms with Crippen molar-refractivity contribution in [2.24, 2.45) is 0 Å². The maximum absolute atomic E-state index is 10.6. The molecule has 0 aliphatic rings. The SMILES string of the molecule is CNCC(=O)OC(C)C. The summed E-state index contributed by atoms with van der Waals surface area (Å²) < 4.78 is 4.79. The molecule has 3 nitrogen and oxygen atoms in total. The molecule has 0 bridgehead atoms.